The van der Waals surface area contributed by atoms with Crippen molar-refractivity contribution in [2.24, 2.45) is 0 Å². The van der Waals surface area contributed by atoms with E-state index in [1.54, 1.807) is 6.07 Å². The molecule has 1 unspecified atom stereocenters. The third-order valence-electron chi connectivity index (χ3n) is 5.62. The van der Waals surface area contributed by atoms with E-state index in [1.807, 2.05) is 60.7 Å². The topological polar surface area (TPSA) is 89.2 Å². The lowest BCUT2D eigenvalue weighted by Crippen LogP contribution is -2.24. The van der Waals surface area contributed by atoms with Gasteiger partial charge in [0.15, 0.2) is 17.7 Å². The van der Waals surface area contributed by atoms with Crippen LogP contribution in [0.25, 0.3) is 0 Å². The summed E-state index contributed by atoms with van der Waals surface area (Å²) in [5.41, 5.74) is 9.14. The SMILES string of the molecule is Nc1ccccc1NC(O)c1ccc(N2CC[C@H](Oc3ccc4c(c3)OCO4)C2)cc1. The van der Waals surface area contributed by atoms with E-state index in [-0.39, 0.29) is 12.9 Å². The molecule has 4 N–H and O–H groups in total. The Kier molecular flexibility index (Phi) is 5.18. The van der Waals surface area contributed by atoms with Gasteiger partial charge in [-0.15, -0.1) is 0 Å². The van der Waals surface area contributed by atoms with Crippen molar-refractivity contribution < 1.29 is 19.3 Å². The van der Waals surface area contributed by atoms with Crippen molar-refractivity contribution in [2.45, 2.75) is 18.8 Å². The van der Waals surface area contributed by atoms with Crippen LogP contribution in [-0.4, -0.2) is 31.1 Å². The summed E-state index contributed by atoms with van der Waals surface area (Å²) in [6.45, 7) is 1.97. The van der Waals surface area contributed by atoms with Crippen LogP contribution in [0.4, 0.5) is 17.1 Å². The molecular weight excluding hydrogens is 394 g/mol. The highest BCUT2D eigenvalue weighted by atomic mass is 16.7. The van der Waals surface area contributed by atoms with Gasteiger partial charge in [0.1, 0.15) is 11.9 Å². The third-order valence-corrected chi connectivity index (χ3v) is 5.62. The maximum atomic E-state index is 10.5. The highest BCUT2D eigenvalue weighted by Crippen LogP contribution is 2.36. The van der Waals surface area contributed by atoms with E-state index < -0.39 is 6.23 Å². The van der Waals surface area contributed by atoms with E-state index in [1.165, 1.54) is 0 Å². The third kappa shape index (κ3) is 4.18. The minimum Gasteiger partial charge on any atom is -0.488 e. The summed E-state index contributed by atoms with van der Waals surface area (Å²) < 4.78 is 16.9. The maximum absolute atomic E-state index is 10.5. The summed E-state index contributed by atoms with van der Waals surface area (Å²) >= 11 is 0. The van der Waals surface area contributed by atoms with Gasteiger partial charge in [0.25, 0.3) is 0 Å². The Hall–Kier alpha value is -3.58. The van der Waals surface area contributed by atoms with Gasteiger partial charge in [-0.25, -0.2) is 0 Å². The number of nitrogens with two attached hydrogens (primary N) is 1. The Labute approximate surface area is 181 Å². The molecule has 0 aromatic heterocycles. The molecule has 2 heterocycles. The maximum Gasteiger partial charge on any atom is 0.231 e. The summed E-state index contributed by atoms with van der Waals surface area (Å²) in [6, 6.07) is 21.0. The predicted molar refractivity (Wildman–Crippen MR) is 120 cm³/mol. The van der Waals surface area contributed by atoms with Gasteiger partial charge in [-0.2, -0.15) is 0 Å². The van der Waals surface area contributed by atoms with Crippen molar-refractivity contribution in [3.8, 4) is 17.2 Å². The monoisotopic (exact) mass is 419 g/mol. The lowest BCUT2D eigenvalue weighted by Gasteiger charge is -2.21. The zero-order chi connectivity index (χ0) is 21.2. The first kappa shape index (κ1) is 19.4. The molecule has 3 aromatic rings. The first-order chi connectivity index (χ1) is 15.2. The molecule has 3 aromatic carbocycles. The number of aliphatic hydroxyl groups excluding tert-OH is 1. The fraction of sp³-hybridized carbons (Fsp3) is 0.250. The quantitative estimate of drug-likeness (QED) is 0.414. The van der Waals surface area contributed by atoms with Crippen molar-refractivity contribution in [2.75, 3.05) is 35.8 Å². The van der Waals surface area contributed by atoms with Crippen LogP contribution < -0.4 is 30.2 Å². The Balaban J connectivity index is 1.19. The van der Waals surface area contributed by atoms with Crippen LogP contribution in [0.3, 0.4) is 0 Å². The van der Waals surface area contributed by atoms with Crippen LogP contribution in [0.5, 0.6) is 17.2 Å². The predicted octanol–water partition coefficient (Wildman–Crippen LogP) is 3.76. The average molecular weight is 419 g/mol. The summed E-state index contributed by atoms with van der Waals surface area (Å²) in [5, 5.41) is 13.6. The summed E-state index contributed by atoms with van der Waals surface area (Å²) in [6.07, 6.45) is 0.209. The number of ether oxygens (including phenoxy) is 3. The summed E-state index contributed by atoms with van der Waals surface area (Å²) in [5.74, 6) is 2.28. The second kappa shape index (κ2) is 8.28. The van der Waals surface area contributed by atoms with Gasteiger partial charge in [-0.3, -0.25) is 0 Å². The number of para-hydroxylation sites is 2. The molecule has 7 nitrogen and oxygen atoms in total. The van der Waals surface area contributed by atoms with E-state index in [9.17, 15) is 5.11 Å². The molecule has 1 saturated heterocycles. The van der Waals surface area contributed by atoms with Gasteiger partial charge in [0, 0.05) is 30.3 Å². The second-order valence-corrected chi connectivity index (χ2v) is 7.72. The molecule has 5 rings (SSSR count). The number of fused-ring (bicyclic) bond motifs is 1. The zero-order valence-electron chi connectivity index (χ0n) is 17.0. The standard InChI is InChI=1S/C24H25N3O4/c25-20-3-1-2-4-21(20)26-24(28)16-5-7-17(8-6-16)27-12-11-19(14-27)31-18-9-10-22-23(13-18)30-15-29-22/h1-10,13,19,24,26,28H,11-12,14-15,25H2/t19-,24?/m0/s1. The molecule has 2 aliphatic heterocycles. The fourth-order valence-electron chi connectivity index (χ4n) is 3.93. The normalized spacial score (nSPS) is 18.1. The smallest absolute Gasteiger partial charge is 0.231 e. The Morgan fingerprint density at radius 2 is 1.84 bits per heavy atom. The fourth-order valence-corrected chi connectivity index (χ4v) is 3.93. The molecule has 160 valence electrons. The van der Waals surface area contributed by atoms with Crippen LogP contribution in [0.1, 0.15) is 18.2 Å². The number of benzene rings is 3. The van der Waals surface area contributed by atoms with Crippen LogP contribution >= 0.6 is 0 Å². The Bertz CT molecular complexity index is 1060. The van der Waals surface area contributed by atoms with E-state index in [4.69, 9.17) is 19.9 Å². The van der Waals surface area contributed by atoms with Crippen LogP contribution in [0.15, 0.2) is 66.7 Å². The number of hydrogen-bond donors (Lipinski definition) is 3. The molecule has 2 atom stereocenters. The van der Waals surface area contributed by atoms with Crippen molar-refractivity contribution in [3.05, 3.63) is 72.3 Å². The number of anilines is 3. The lowest BCUT2D eigenvalue weighted by atomic mass is 10.1. The molecular formula is C24H25N3O4. The highest BCUT2D eigenvalue weighted by Gasteiger charge is 2.25. The minimum atomic E-state index is -0.834. The minimum absolute atomic E-state index is 0.105. The highest BCUT2D eigenvalue weighted by molar-refractivity contribution is 5.66. The van der Waals surface area contributed by atoms with E-state index in [2.05, 4.69) is 10.2 Å². The molecule has 0 saturated carbocycles. The molecule has 31 heavy (non-hydrogen) atoms. The van der Waals surface area contributed by atoms with E-state index >= 15 is 0 Å². The first-order valence-electron chi connectivity index (χ1n) is 10.4. The number of nitrogens with zero attached hydrogens (tertiary/aromatic N) is 1. The number of rotatable bonds is 6. The second-order valence-electron chi connectivity index (χ2n) is 7.72. The van der Waals surface area contributed by atoms with E-state index in [0.29, 0.717) is 11.4 Å². The van der Waals surface area contributed by atoms with Gasteiger partial charge in [-0.1, -0.05) is 24.3 Å². The summed E-state index contributed by atoms with van der Waals surface area (Å²) in [4.78, 5) is 2.29. The Morgan fingerprint density at radius 1 is 1.03 bits per heavy atom. The van der Waals surface area contributed by atoms with Gasteiger partial charge >= 0.3 is 0 Å². The number of nitrogens with one attached hydrogen (secondary N) is 1. The van der Waals surface area contributed by atoms with Crippen molar-refractivity contribution in [3.63, 3.8) is 0 Å². The molecule has 0 amide bonds. The molecule has 1 fully saturated rings. The molecule has 0 spiro atoms. The van der Waals surface area contributed by atoms with Crippen LogP contribution in [0.2, 0.25) is 0 Å². The van der Waals surface area contributed by atoms with Gasteiger partial charge in [0.2, 0.25) is 6.79 Å². The molecule has 7 heteroatoms. The molecule has 0 aliphatic carbocycles. The molecule has 0 radical (unpaired) electrons. The lowest BCUT2D eigenvalue weighted by molar-refractivity contribution is 0.173. The average Bonchev–Trinajstić information content (AvgIpc) is 3.45. The molecule has 2 aliphatic rings. The largest absolute Gasteiger partial charge is 0.488 e. The Morgan fingerprint density at radius 3 is 2.68 bits per heavy atom. The number of hydrogen-bond acceptors (Lipinski definition) is 7. The van der Waals surface area contributed by atoms with Crippen LogP contribution in [-0.2, 0) is 0 Å². The van der Waals surface area contributed by atoms with Gasteiger partial charge in [0.05, 0.1) is 17.9 Å². The molecule has 0 bridgehead atoms. The number of aliphatic hydroxyl groups is 1. The van der Waals surface area contributed by atoms with Gasteiger partial charge in [-0.05, 0) is 36.4 Å². The zero-order valence-corrected chi connectivity index (χ0v) is 17.0. The first-order valence-corrected chi connectivity index (χ1v) is 10.4. The summed E-state index contributed by atoms with van der Waals surface area (Å²) in [7, 11) is 0. The van der Waals surface area contributed by atoms with Crippen molar-refractivity contribution in [1.29, 1.82) is 0 Å². The van der Waals surface area contributed by atoms with Crippen molar-refractivity contribution >= 4 is 17.1 Å². The van der Waals surface area contributed by atoms with E-state index in [0.717, 1.165) is 48.0 Å². The van der Waals surface area contributed by atoms with Gasteiger partial charge < -0.3 is 35.3 Å². The van der Waals surface area contributed by atoms with Crippen LogP contribution in [0, 0.1) is 0 Å². The van der Waals surface area contributed by atoms with Crippen molar-refractivity contribution in [1.82, 2.24) is 0 Å². The number of nitrogen functional groups attached to an aromatic ring is 1.